The fraction of sp³-hybridized carbons (Fsp3) is 0.364. The van der Waals surface area contributed by atoms with E-state index in [9.17, 15) is 8.42 Å². The number of piperazine rings is 1. The van der Waals surface area contributed by atoms with Crippen LogP contribution in [0.1, 0.15) is 19.5 Å². The highest BCUT2D eigenvalue weighted by molar-refractivity contribution is 7.89. The van der Waals surface area contributed by atoms with E-state index >= 15 is 0 Å². The van der Waals surface area contributed by atoms with Crippen LogP contribution in [0.2, 0.25) is 0 Å². The molecule has 34 heavy (non-hydrogen) atoms. The normalized spacial score (nSPS) is 15.4. The molecule has 5 heterocycles. The smallest absolute Gasteiger partial charge is 0.216 e. The Morgan fingerprint density at radius 1 is 1.12 bits per heavy atom. The quantitative estimate of drug-likeness (QED) is 0.415. The summed E-state index contributed by atoms with van der Waals surface area (Å²) in [6.45, 7) is 7.64. The van der Waals surface area contributed by atoms with Crippen molar-refractivity contribution in [2.45, 2.75) is 26.0 Å². The highest BCUT2D eigenvalue weighted by atomic mass is 32.2. The molecule has 10 nitrogen and oxygen atoms in total. The number of aromatic amines is 1. The monoisotopic (exact) mass is 498 g/mol. The molecule has 0 spiro atoms. The lowest BCUT2D eigenvalue weighted by atomic mass is 10.2. The van der Waals surface area contributed by atoms with Crippen molar-refractivity contribution < 1.29 is 8.42 Å². The second kappa shape index (κ2) is 8.93. The Hall–Kier alpha value is -3.09. The van der Waals surface area contributed by atoms with Crippen molar-refractivity contribution in [3.8, 4) is 11.3 Å². The first-order valence-corrected chi connectivity index (χ1v) is 13.4. The molecular weight excluding hydrogens is 472 g/mol. The number of sulfonamides is 1. The Morgan fingerprint density at radius 3 is 2.62 bits per heavy atom. The van der Waals surface area contributed by atoms with Gasteiger partial charge in [0, 0.05) is 55.4 Å². The molecule has 1 aliphatic rings. The van der Waals surface area contributed by atoms with Crippen molar-refractivity contribution in [1.29, 1.82) is 0 Å². The highest BCUT2D eigenvalue weighted by Crippen LogP contribution is 2.30. The molecule has 0 atom stereocenters. The van der Waals surface area contributed by atoms with Gasteiger partial charge in [-0.1, -0.05) is 11.3 Å². The summed E-state index contributed by atoms with van der Waals surface area (Å²) in [7, 11) is -3.22. The van der Waals surface area contributed by atoms with E-state index in [1.165, 1.54) is 11.3 Å². The third-order valence-electron chi connectivity index (χ3n) is 5.90. The maximum absolute atomic E-state index is 12.4. The number of H-pyrrole nitrogens is 1. The fourth-order valence-electron chi connectivity index (χ4n) is 3.92. The molecule has 1 fully saturated rings. The standard InChI is InChI=1S/C22H26N8O2S2/c1-14(2)34(31,32)30-10-8-29(9-11-30)16-6-7-23-20(12-16)27-22-26-19-5-4-18(25-21(19)33-22)17-13-24-28-15(17)3/h4-7,12-14H,8-11H2,1-3H3,(H,24,28)(H,23,26,27). The molecule has 1 aliphatic heterocycles. The number of fused-ring (bicyclic) bond motifs is 1. The van der Waals surface area contributed by atoms with Gasteiger partial charge in [0.15, 0.2) is 5.13 Å². The van der Waals surface area contributed by atoms with E-state index in [1.54, 1.807) is 30.5 Å². The fourth-order valence-corrected chi connectivity index (χ4v) is 6.04. The van der Waals surface area contributed by atoms with Crippen molar-refractivity contribution in [2.24, 2.45) is 0 Å². The third kappa shape index (κ3) is 4.36. The number of aromatic nitrogens is 5. The first-order valence-electron chi connectivity index (χ1n) is 11.1. The maximum Gasteiger partial charge on any atom is 0.216 e. The average Bonchev–Trinajstić information content (AvgIpc) is 3.44. The van der Waals surface area contributed by atoms with Crippen molar-refractivity contribution in [2.75, 3.05) is 36.4 Å². The van der Waals surface area contributed by atoms with Gasteiger partial charge in [-0.05, 0) is 39.0 Å². The largest absolute Gasteiger partial charge is 0.369 e. The van der Waals surface area contributed by atoms with Gasteiger partial charge in [-0.15, -0.1) is 0 Å². The van der Waals surface area contributed by atoms with Gasteiger partial charge in [0.05, 0.1) is 17.1 Å². The second-order valence-corrected chi connectivity index (χ2v) is 11.9. The minimum Gasteiger partial charge on any atom is -0.369 e. The zero-order valence-electron chi connectivity index (χ0n) is 19.2. The van der Waals surface area contributed by atoms with Gasteiger partial charge < -0.3 is 10.2 Å². The molecule has 4 aromatic heterocycles. The van der Waals surface area contributed by atoms with Crippen LogP contribution in [0.3, 0.4) is 0 Å². The Labute approximate surface area is 202 Å². The number of anilines is 3. The molecular formula is C22H26N8O2S2. The first kappa shape index (κ1) is 22.7. The predicted molar refractivity (Wildman–Crippen MR) is 135 cm³/mol. The van der Waals surface area contributed by atoms with Crippen LogP contribution in [0.25, 0.3) is 21.6 Å². The molecule has 0 saturated carbocycles. The average molecular weight is 499 g/mol. The van der Waals surface area contributed by atoms with E-state index in [2.05, 4.69) is 30.4 Å². The van der Waals surface area contributed by atoms with E-state index < -0.39 is 15.3 Å². The van der Waals surface area contributed by atoms with E-state index in [-0.39, 0.29) is 0 Å². The summed E-state index contributed by atoms with van der Waals surface area (Å²) in [5.41, 5.74) is 4.61. The van der Waals surface area contributed by atoms with Gasteiger partial charge in [-0.2, -0.15) is 9.40 Å². The molecule has 0 aromatic carbocycles. The van der Waals surface area contributed by atoms with Crippen molar-refractivity contribution in [3.05, 3.63) is 42.4 Å². The van der Waals surface area contributed by atoms with Gasteiger partial charge >= 0.3 is 0 Å². The minimum absolute atomic E-state index is 0.404. The summed E-state index contributed by atoms with van der Waals surface area (Å²) in [5.74, 6) is 0.680. The van der Waals surface area contributed by atoms with E-state index in [4.69, 9.17) is 4.98 Å². The Morgan fingerprint density at radius 2 is 1.91 bits per heavy atom. The number of thiazole rings is 1. The van der Waals surface area contributed by atoms with E-state index in [1.807, 2.05) is 31.2 Å². The molecule has 5 rings (SSSR count). The van der Waals surface area contributed by atoms with E-state index in [0.717, 1.165) is 33.0 Å². The SMILES string of the molecule is Cc1[nH]ncc1-c1ccc2nc(Nc3cc(N4CCN(S(=O)(=O)C(C)C)CC4)ccn3)sc2n1. The van der Waals surface area contributed by atoms with Crippen LogP contribution >= 0.6 is 11.3 Å². The molecule has 0 aliphatic carbocycles. The number of aryl methyl sites for hydroxylation is 1. The van der Waals surface area contributed by atoms with Crippen molar-refractivity contribution in [3.63, 3.8) is 0 Å². The Balaban J connectivity index is 1.30. The predicted octanol–water partition coefficient (Wildman–Crippen LogP) is 3.39. The number of hydrogen-bond acceptors (Lipinski definition) is 9. The maximum atomic E-state index is 12.4. The van der Waals surface area contributed by atoms with Crippen LogP contribution in [0.15, 0.2) is 36.7 Å². The molecule has 2 N–H and O–H groups in total. The Kier molecular flexibility index (Phi) is 5.96. The zero-order chi connectivity index (χ0) is 23.9. The van der Waals surface area contributed by atoms with Crippen molar-refractivity contribution >= 4 is 48.3 Å². The van der Waals surface area contributed by atoms with Gasteiger partial charge in [0.25, 0.3) is 0 Å². The summed E-state index contributed by atoms with van der Waals surface area (Å²) in [6.07, 6.45) is 3.53. The number of rotatable bonds is 6. The summed E-state index contributed by atoms with van der Waals surface area (Å²) in [6, 6.07) is 7.81. The highest BCUT2D eigenvalue weighted by Gasteiger charge is 2.29. The third-order valence-corrected chi connectivity index (χ3v) is 9.06. The zero-order valence-corrected chi connectivity index (χ0v) is 20.8. The number of pyridine rings is 2. The molecule has 0 radical (unpaired) electrons. The van der Waals surface area contributed by atoms with Gasteiger partial charge in [-0.3, -0.25) is 5.10 Å². The minimum atomic E-state index is -3.22. The topological polar surface area (TPSA) is 120 Å². The van der Waals surface area contributed by atoms with Crippen LogP contribution in [-0.4, -0.2) is 69.3 Å². The van der Waals surface area contributed by atoms with Crippen LogP contribution in [0.4, 0.5) is 16.6 Å². The molecule has 0 amide bonds. The molecule has 178 valence electrons. The lowest BCUT2D eigenvalue weighted by Gasteiger charge is -2.36. The second-order valence-electron chi connectivity index (χ2n) is 8.45. The van der Waals surface area contributed by atoms with Crippen LogP contribution in [0.5, 0.6) is 0 Å². The summed E-state index contributed by atoms with van der Waals surface area (Å²) < 4.78 is 26.5. The molecule has 0 bridgehead atoms. The molecule has 0 unspecified atom stereocenters. The van der Waals surface area contributed by atoms with Crippen LogP contribution in [0, 0.1) is 6.92 Å². The summed E-state index contributed by atoms with van der Waals surface area (Å²) in [4.78, 5) is 16.8. The van der Waals surface area contributed by atoms with E-state index in [0.29, 0.717) is 37.1 Å². The van der Waals surface area contributed by atoms with Crippen molar-refractivity contribution in [1.82, 2.24) is 29.5 Å². The molecule has 4 aromatic rings. The number of nitrogens with one attached hydrogen (secondary N) is 2. The Bertz CT molecular complexity index is 1420. The van der Waals surface area contributed by atoms with Gasteiger partial charge in [0.1, 0.15) is 16.2 Å². The van der Waals surface area contributed by atoms with Crippen LogP contribution in [-0.2, 0) is 10.0 Å². The van der Waals surface area contributed by atoms with Gasteiger partial charge in [-0.25, -0.2) is 23.4 Å². The summed E-state index contributed by atoms with van der Waals surface area (Å²) in [5, 5.41) is 10.6. The molecule has 12 heteroatoms. The number of nitrogens with zero attached hydrogens (tertiary/aromatic N) is 6. The van der Waals surface area contributed by atoms with Crippen LogP contribution < -0.4 is 10.2 Å². The lowest BCUT2D eigenvalue weighted by Crippen LogP contribution is -2.50. The lowest BCUT2D eigenvalue weighted by molar-refractivity contribution is 0.381. The molecule has 1 saturated heterocycles. The number of hydrogen-bond donors (Lipinski definition) is 2. The first-order chi connectivity index (χ1) is 16.3. The summed E-state index contributed by atoms with van der Waals surface area (Å²) >= 11 is 1.47. The van der Waals surface area contributed by atoms with Gasteiger partial charge in [0.2, 0.25) is 10.0 Å².